The SMILES string of the molecule is COC(=O)C(Cc1c[nH]c2ccccc12)NC(=O)c1cccc(OC)c1. The molecule has 0 fully saturated rings. The number of carbonyl (C=O) groups excluding carboxylic acids is 2. The summed E-state index contributed by atoms with van der Waals surface area (Å²) in [5, 5.41) is 3.77. The molecule has 0 aliphatic rings. The lowest BCUT2D eigenvalue weighted by molar-refractivity contribution is -0.142. The number of hydrogen-bond donors (Lipinski definition) is 2. The third-order valence-corrected chi connectivity index (χ3v) is 4.22. The van der Waals surface area contributed by atoms with Gasteiger partial charge in [-0.25, -0.2) is 4.79 Å². The van der Waals surface area contributed by atoms with E-state index in [4.69, 9.17) is 9.47 Å². The summed E-state index contributed by atoms with van der Waals surface area (Å²) in [6.07, 6.45) is 2.17. The fraction of sp³-hybridized carbons (Fsp3) is 0.200. The Kier molecular flexibility index (Phi) is 5.22. The summed E-state index contributed by atoms with van der Waals surface area (Å²) in [4.78, 5) is 27.9. The Morgan fingerprint density at radius 1 is 1.12 bits per heavy atom. The molecule has 1 aromatic heterocycles. The van der Waals surface area contributed by atoms with Gasteiger partial charge in [-0.2, -0.15) is 0 Å². The summed E-state index contributed by atoms with van der Waals surface area (Å²) in [5.41, 5.74) is 2.32. The van der Waals surface area contributed by atoms with Gasteiger partial charge in [-0.3, -0.25) is 4.79 Å². The lowest BCUT2D eigenvalue weighted by Crippen LogP contribution is -2.43. The molecule has 1 amide bonds. The lowest BCUT2D eigenvalue weighted by Gasteiger charge is -2.16. The van der Waals surface area contributed by atoms with Gasteiger partial charge in [0.25, 0.3) is 5.91 Å². The van der Waals surface area contributed by atoms with Crippen LogP contribution in [0.3, 0.4) is 0 Å². The molecule has 0 bridgehead atoms. The number of esters is 1. The van der Waals surface area contributed by atoms with E-state index >= 15 is 0 Å². The van der Waals surface area contributed by atoms with Gasteiger partial charge in [-0.15, -0.1) is 0 Å². The number of aromatic nitrogens is 1. The van der Waals surface area contributed by atoms with Gasteiger partial charge in [-0.05, 0) is 29.8 Å². The Hall–Kier alpha value is -3.28. The van der Waals surface area contributed by atoms with Crippen LogP contribution in [0.4, 0.5) is 0 Å². The van der Waals surface area contributed by atoms with Crippen molar-refractivity contribution in [2.45, 2.75) is 12.5 Å². The van der Waals surface area contributed by atoms with Crippen LogP contribution in [-0.4, -0.2) is 37.1 Å². The summed E-state index contributed by atoms with van der Waals surface area (Å²) in [7, 11) is 2.84. The highest BCUT2D eigenvalue weighted by Crippen LogP contribution is 2.20. The fourth-order valence-corrected chi connectivity index (χ4v) is 2.86. The standard InChI is InChI=1S/C20H20N2O4/c1-25-15-7-5-6-13(10-15)19(23)22-18(20(24)26-2)11-14-12-21-17-9-4-3-8-16(14)17/h3-10,12,18,21H,11H2,1-2H3,(H,22,23). The minimum Gasteiger partial charge on any atom is -0.497 e. The predicted octanol–water partition coefficient (Wildman–Crippen LogP) is 2.69. The van der Waals surface area contributed by atoms with E-state index in [2.05, 4.69) is 10.3 Å². The number of nitrogens with one attached hydrogen (secondary N) is 2. The van der Waals surface area contributed by atoms with E-state index in [1.807, 2.05) is 30.5 Å². The molecule has 1 heterocycles. The first-order valence-corrected chi connectivity index (χ1v) is 8.20. The third-order valence-electron chi connectivity index (χ3n) is 4.22. The van der Waals surface area contributed by atoms with E-state index in [0.29, 0.717) is 17.7 Å². The van der Waals surface area contributed by atoms with Crippen LogP contribution >= 0.6 is 0 Å². The number of benzene rings is 2. The summed E-state index contributed by atoms with van der Waals surface area (Å²) in [5.74, 6) is -0.283. The Bertz CT molecular complexity index is 932. The molecule has 0 saturated heterocycles. The van der Waals surface area contributed by atoms with E-state index in [1.165, 1.54) is 14.2 Å². The molecule has 0 aliphatic heterocycles. The van der Waals surface area contributed by atoms with Crippen LogP contribution in [0.1, 0.15) is 15.9 Å². The first kappa shape index (κ1) is 17.5. The zero-order valence-corrected chi connectivity index (χ0v) is 14.6. The van der Waals surface area contributed by atoms with Crippen molar-refractivity contribution in [3.8, 4) is 5.75 Å². The normalized spacial score (nSPS) is 11.8. The smallest absolute Gasteiger partial charge is 0.328 e. The lowest BCUT2D eigenvalue weighted by atomic mass is 10.0. The molecule has 2 aromatic carbocycles. The minimum atomic E-state index is -0.794. The highest BCUT2D eigenvalue weighted by Gasteiger charge is 2.24. The summed E-state index contributed by atoms with van der Waals surface area (Å²) in [6.45, 7) is 0. The number of hydrogen-bond acceptors (Lipinski definition) is 4. The van der Waals surface area contributed by atoms with Gasteiger partial charge in [0.05, 0.1) is 14.2 Å². The molecule has 0 radical (unpaired) electrons. The van der Waals surface area contributed by atoms with Crippen LogP contribution in [0.2, 0.25) is 0 Å². The number of fused-ring (bicyclic) bond motifs is 1. The van der Waals surface area contributed by atoms with Crippen LogP contribution in [0.15, 0.2) is 54.7 Å². The van der Waals surface area contributed by atoms with Crippen LogP contribution in [-0.2, 0) is 16.0 Å². The van der Waals surface area contributed by atoms with Crippen molar-refractivity contribution in [3.63, 3.8) is 0 Å². The molecule has 3 rings (SSSR count). The summed E-state index contributed by atoms with van der Waals surface area (Å²) >= 11 is 0. The van der Waals surface area contributed by atoms with Gasteiger partial charge < -0.3 is 19.8 Å². The van der Waals surface area contributed by atoms with Crippen LogP contribution in [0.25, 0.3) is 10.9 Å². The van der Waals surface area contributed by atoms with Gasteiger partial charge in [0.1, 0.15) is 11.8 Å². The van der Waals surface area contributed by atoms with E-state index in [1.54, 1.807) is 24.3 Å². The van der Waals surface area contributed by atoms with Crippen molar-refractivity contribution in [3.05, 3.63) is 65.9 Å². The molecule has 1 unspecified atom stereocenters. The molecule has 6 heteroatoms. The molecule has 1 atom stereocenters. The average molecular weight is 352 g/mol. The average Bonchev–Trinajstić information content (AvgIpc) is 3.09. The molecule has 134 valence electrons. The van der Waals surface area contributed by atoms with Gasteiger partial charge in [0.2, 0.25) is 0 Å². The second kappa shape index (κ2) is 7.74. The van der Waals surface area contributed by atoms with Crippen molar-refractivity contribution < 1.29 is 19.1 Å². The topological polar surface area (TPSA) is 80.4 Å². The van der Waals surface area contributed by atoms with E-state index in [0.717, 1.165) is 16.5 Å². The Balaban J connectivity index is 1.82. The molecular weight excluding hydrogens is 332 g/mol. The molecule has 0 spiro atoms. The quantitative estimate of drug-likeness (QED) is 0.669. The fourth-order valence-electron chi connectivity index (χ4n) is 2.86. The largest absolute Gasteiger partial charge is 0.497 e. The van der Waals surface area contributed by atoms with Crippen molar-refractivity contribution in [1.29, 1.82) is 0 Å². The zero-order valence-electron chi connectivity index (χ0n) is 14.6. The second-order valence-electron chi connectivity index (χ2n) is 5.84. The van der Waals surface area contributed by atoms with Crippen molar-refractivity contribution in [2.75, 3.05) is 14.2 Å². The van der Waals surface area contributed by atoms with E-state index in [9.17, 15) is 9.59 Å². The highest BCUT2D eigenvalue weighted by atomic mass is 16.5. The number of methoxy groups -OCH3 is 2. The number of H-pyrrole nitrogens is 1. The van der Waals surface area contributed by atoms with Crippen LogP contribution in [0, 0.1) is 0 Å². The van der Waals surface area contributed by atoms with Crippen molar-refractivity contribution in [2.24, 2.45) is 0 Å². The molecule has 6 nitrogen and oxygen atoms in total. The molecule has 2 N–H and O–H groups in total. The van der Waals surface area contributed by atoms with Gasteiger partial charge in [0.15, 0.2) is 0 Å². The Morgan fingerprint density at radius 3 is 2.69 bits per heavy atom. The molecule has 0 saturated carbocycles. The monoisotopic (exact) mass is 352 g/mol. The second-order valence-corrected chi connectivity index (χ2v) is 5.84. The number of rotatable bonds is 6. The summed E-state index contributed by atoms with van der Waals surface area (Å²) < 4.78 is 10.0. The van der Waals surface area contributed by atoms with Crippen molar-refractivity contribution in [1.82, 2.24) is 10.3 Å². The maximum Gasteiger partial charge on any atom is 0.328 e. The predicted molar refractivity (Wildman–Crippen MR) is 98.3 cm³/mol. The first-order valence-electron chi connectivity index (χ1n) is 8.20. The molecule has 0 aliphatic carbocycles. The Labute approximate surface area is 151 Å². The first-order chi connectivity index (χ1) is 12.6. The molecular formula is C20H20N2O4. The maximum absolute atomic E-state index is 12.6. The molecule has 26 heavy (non-hydrogen) atoms. The number of carbonyl (C=O) groups is 2. The van der Waals surface area contributed by atoms with E-state index < -0.39 is 12.0 Å². The van der Waals surface area contributed by atoms with Gasteiger partial charge in [-0.1, -0.05) is 24.3 Å². The highest BCUT2D eigenvalue weighted by molar-refractivity contribution is 5.97. The summed E-state index contributed by atoms with van der Waals surface area (Å²) in [6, 6.07) is 13.8. The number of ether oxygens (including phenoxy) is 2. The molecule has 3 aromatic rings. The Morgan fingerprint density at radius 2 is 1.92 bits per heavy atom. The maximum atomic E-state index is 12.6. The minimum absolute atomic E-state index is 0.326. The third kappa shape index (κ3) is 3.69. The number of aromatic amines is 1. The number of para-hydroxylation sites is 1. The number of amides is 1. The van der Waals surface area contributed by atoms with E-state index in [-0.39, 0.29) is 5.91 Å². The zero-order chi connectivity index (χ0) is 18.5. The van der Waals surface area contributed by atoms with Crippen molar-refractivity contribution >= 4 is 22.8 Å². The van der Waals surface area contributed by atoms with Gasteiger partial charge >= 0.3 is 5.97 Å². The van der Waals surface area contributed by atoms with Crippen LogP contribution < -0.4 is 10.1 Å². The van der Waals surface area contributed by atoms with Crippen LogP contribution in [0.5, 0.6) is 5.75 Å². The van der Waals surface area contributed by atoms with Gasteiger partial charge in [0, 0.05) is 29.1 Å².